The van der Waals surface area contributed by atoms with Crippen LogP contribution in [0.5, 0.6) is 0 Å². The van der Waals surface area contributed by atoms with E-state index in [1.165, 1.54) is 0 Å². The van der Waals surface area contributed by atoms with E-state index in [9.17, 15) is 9.59 Å². The van der Waals surface area contributed by atoms with E-state index in [0.29, 0.717) is 11.4 Å². The molecule has 0 aliphatic carbocycles. The minimum atomic E-state index is -0.530. The standard InChI is InChI=1S/C11H8N6O2S/c1-5-8(20-11(19)14-5)10(18)15-9-6(4-13)7(2-3-12)16-17-9/h2H2,1H3,(H,14,19)(H2,15,16,17,18). The highest BCUT2D eigenvalue weighted by atomic mass is 32.1. The van der Waals surface area contributed by atoms with E-state index in [-0.39, 0.29) is 27.6 Å². The van der Waals surface area contributed by atoms with Gasteiger partial charge in [-0.2, -0.15) is 15.6 Å². The highest BCUT2D eigenvalue weighted by Crippen LogP contribution is 2.18. The van der Waals surface area contributed by atoms with Crippen LogP contribution in [0.15, 0.2) is 4.79 Å². The molecule has 0 radical (unpaired) electrons. The predicted molar refractivity (Wildman–Crippen MR) is 70.2 cm³/mol. The third-order valence-corrected chi connectivity index (χ3v) is 3.46. The van der Waals surface area contributed by atoms with E-state index in [1.807, 2.05) is 12.1 Å². The lowest BCUT2D eigenvalue weighted by Crippen LogP contribution is -2.12. The number of carbonyl (C=O) groups is 1. The van der Waals surface area contributed by atoms with Gasteiger partial charge in [0.2, 0.25) is 0 Å². The van der Waals surface area contributed by atoms with Gasteiger partial charge in [-0.1, -0.05) is 11.3 Å². The quantitative estimate of drug-likeness (QED) is 0.761. The van der Waals surface area contributed by atoms with Crippen LogP contribution in [0, 0.1) is 29.6 Å². The van der Waals surface area contributed by atoms with Crippen molar-refractivity contribution in [2.45, 2.75) is 13.3 Å². The Morgan fingerprint density at radius 1 is 1.50 bits per heavy atom. The lowest BCUT2D eigenvalue weighted by atomic mass is 10.2. The first-order chi connectivity index (χ1) is 9.56. The zero-order valence-electron chi connectivity index (χ0n) is 10.3. The minimum absolute atomic E-state index is 0.0116. The molecule has 20 heavy (non-hydrogen) atoms. The summed E-state index contributed by atoms with van der Waals surface area (Å²) in [5.74, 6) is -0.486. The van der Waals surface area contributed by atoms with Gasteiger partial charge in [-0.25, -0.2) is 0 Å². The maximum Gasteiger partial charge on any atom is 0.305 e. The summed E-state index contributed by atoms with van der Waals surface area (Å²) in [4.78, 5) is 25.5. The number of aromatic amines is 2. The maximum absolute atomic E-state index is 12.0. The molecule has 0 fully saturated rings. The lowest BCUT2D eigenvalue weighted by molar-refractivity contribution is 0.102. The molecule has 2 aromatic rings. The third-order valence-electron chi connectivity index (χ3n) is 2.47. The van der Waals surface area contributed by atoms with Crippen molar-refractivity contribution < 1.29 is 4.79 Å². The summed E-state index contributed by atoms with van der Waals surface area (Å²) in [6.07, 6.45) is -0.0116. The van der Waals surface area contributed by atoms with Gasteiger partial charge in [-0.05, 0) is 6.92 Å². The van der Waals surface area contributed by atoms with Gasteiger partial charge in [0.25, 0.3) is 5.91 Å². The number of aromatic nitrogens is 3. The average Bonchev–Trinajstić information content (AvgIpc) is 2.93. The first-order valence-electron chi connectivity index (χ1n) is 5.42. The molecule has 1 amide bonds. The normalized spacial score (nSPS) is 9.75. The molecule has 0 bridgehead atoms. The van der Waals surface area contributed by atoms with Gasteiger partial charge in [-0.3, -0.25) is 14.7 Å². The molecule has 0 atom stereocenters. The Balaban J connectivity index is 2.29. The number of rotatable bonds is 3. The zero-order chi connectivity index (χ0) is 14.7. The van der Waals surface area contributed by atoms with Crippen LogP contribution in [0.3, 0.4) is 0 Å². The van der Waals surface area contributed by atoms with Crippen LogP contribution >= 0.6 is 11.3 Å². The van der Waals surface area contributed by atoms with Crippen LogP contribution in [0.25, 0.3) is 0 Å². The first kappa shape index (κ1) is 13.5. The second-order valence-electron chi connectivity index (χ2n) is 3.80. The summed E-state index contributed by atoms with van der Waals surface area (Å²) in [6, 6.07) is 3.77. The number of nitrogens with zero attached hydrogens (tertiary/aromatic N) is 3. The number of hydrogen-bond donors (Lipinski definition) is 3. The Morgan fingerprint density at radius 2 is 2.25 bits per heavy atom. The van der Waals surface area contributed by atoms with E-state index in [4.69, 9.17) is 10.5 Å². The third kappa shape index (κ3) is 2.43. The minimum Gasteiger partial charge on any atom is -0.316 e. The Labute approximate surface area is 116 Å². The molecule has 9 heteroatoms. The highest BCUT2D eigenvalue weighted by Gasteiger charge is 2.18. The van der Waals surface area contributed by atoms with E-state index >= 15 is 0 Å². The molecule has 2 rings (SSSR count). The number of hydrogen-bond acceptors (Lipinski definition) is 6. The Bertz CT molecular complexity index is 800. The van der Waals surface area contributed by atoms with Gasteiger partial charge in [0.05, 0.1) is 18.2 Å². The van der Waals surface area contributed by atoms with Crippen molar-refractivity contribution in [1.82, 2.24) is 15.2 Å². The van der Waals surface area contributed by atoms with Crippen molar-refractivity contribution in [3.8, 4) is 12.1 Å². The van der Waals surface area contributed by atoms with Gasteiger partial charge in [0.15, 0.2) is 5.82 Å². The van der Waals surface area contributed by atoms with Crippen LogP contribution in [0.1, 0.15) is 26.6 Å². The van der Waals surface area contributed by atoms with Crippen LogP contribution in [0.4, 0.5) is 5.82 Å². The number of aryl methyl sites for hydroxylation is 1. The molecule has 0 aromatic carbocycles. The smallest absolute Gasteiger partial charge is 0.305 e. The predicted octanol–water partition coefficient (Wildman–Crippen LogP) is 0.658. The highest BCUT2D eigenvalue weighted by molar-refractivity contribution is 7.11. The molecule has 0 saturated heterocycles. The van der Waals surface area contributed by atoms with Gasteiger partial charge >= 0.3 is 4.87 Å². The summed E-state index contributed by atoms with van der Waals surface area (Å²) in [5.41, 5.74) is 0.897. The van der Waals surface area contributed by atoms with Crippen molar-refractivity contribution >= 4 is 23.1 Å². The van der Waals surface area contributed by atoms with Crippen molar-refractivity contribution in [2.75, 3.05) is 5.32 Å². The van der Waals surface area contributed by atoms with Crippen LogP contribution in [0.2, 0.25) is 0 Å². The van der Waals surface area contributed by atoms with Crippen LogP contribution in [-0.4, -0.2) is 21.1 Å². The second kappa shape index (κ2) is 5.38. The lowest BCUT2D eigenvalue weighted by Gasteiger charge is -2.00. The molecule has 0 saturated carbocycles. The van der Waals surface area contributed by atoms with E-state index in [0.717, 1.165) is 11.3 Å². The topological polar surface area (TPSA) is 138 Å². The van der Waals surface area contributed by atoms with E-state index in [2.05, 4.69) is 20.5 Å². The van der Waals surface area contributed by atoms with Crippen LogP contribution < -0.4 is 10.2 Å². The fourth-order valence-electron chi connectivity index (χ4n) is 1.58. The summed E-state index contributed by atoms with van der Waals surface area (Å²) in [5, 5.41) is 26.4. The van der Waals surface area contributed by atoms with Crippen LogP contribution in [-0.2, 0) is 6.42 Å². The molecule has 2 heterocycles. The fourth-order valence-corrected chi connectivity index (χ4v) is 2.32. The number of carbonyl (C=O) groups excluding carboxylic acids is 1. The Morgan fingerprint density at radius 3 is 2.80 bits per heavy atom. The summed E-state index contributed by atoms with van der Waals surface area (Å²) in [6.45, 7) is 1.60. The Hall–Kier alpha value is -2.91. The van der Waals surface area contributed by atoms with Crippen molar-refractivity contribution in [2.24, 2.45) is 0 Å². The van der Waals surface area contributed by atoms with Gasteiger partial charge in [-0.15, -0.1) is 0 Å². The number of nitrogens with one attached hydrogen (secondary N) is 3. The number of H-pyrrole nitrogens is 2. The first-order valence-corrected chi connectivity index (χ1v) is 6.23. The number of nitriles is 2. The molecule has 0 aliphatic heterocycles. The second-order valence-corrected chi connectivity index (χ2v) is 4.78. The summed E-state index contributed by atoms with van der Waals surface area (Å²) >= 11 is 0.776. The average molecular weight is 288 g/mol. The molecule has 8 nitrogen and oxygen atoms in total. The molecule has 100 valence electrons. The van der Waals surface area contributed by atoms with Gasteiger partial charge < -0.3 is 10.3 Å². The Kier molecular flexibility index (Phi) is 3.64. The summed E-state index contributed by atoms with van der Waals surface area (Å²) < 4.78 is 0. The number of amides is 1. The largest absolute Gasteiger partial charge is 0.316 e. The molecule has 0 unspecified atom stereocenters. The van der Waals surface area contributed by atoms with E-state index < -0.39 is 5.91 Å². The van der Waals surface area contributed by atoms with Crippen molar-refractivity contribution in [3.05, 3.63) is 31.5 Å². The molecule has 0 aliphatic rings. The maximum atomic E-state index is 12.0. The molecule has 3 N–H and O–H groups in total. The number of thiazole rings is 1. The van der Waals surface area contributed by atoms with Crippen molar-refractivity contribution in [3.63, 3.8) is 0 Å². The molecular formula is C11H8N6O2S. The SMILES string of the molecule is Cc1[nH]c(=O)sc1C(=O)Nc1n[nH]c(CC#N)c1C#N. The van der Waals surface area contributed by atoms with E-state index in [1.54, 1.807) is 6.92 Å². The molecule has 0 spiro atoms. The molecular weight excluding hydrogens is 280 g/mol. The number of anilines is 1. The fraction of sp³-hybridized carbons (Fsp3) is 0.182. The van der Waals surface area contributed by atoms with Gasteiger partial charge in [0.1, 0.15) is 16.5 Å². The molecule has 2 aromatic heterocycles. The zero-order valence-corrected chi connectivity index (χ0v) is 11.1. The van der Waals surface area contributed by atoms with Crippen molar-refractivity contribution in [1.29, 1.82) is 10.5 Å². The van der Waals surface area contributed by atoms with Gasteiger partial charge in [0, 0.05) is 5.69 Å². The monoisotopic (exact) mass is 288 g/mol. The summed E-state index contributed by atoms with van der Waals surface area (Å²) in [7, 11) is 0.